The number of ether oxygens (including phenoxy) is 1. The van der Waals surface area contributed by atoms with Gasteiger partial charge in [0.1, 0.15) is 0 Å². The minimum absolute atomic E-state index is 0.202. The largest absolute Gasteiger partial charge is 0.422 e. The van der Waals surface area contributed by atoms with Gasteiger partial charge in [0.15, 0.2) is 6.10 Å². The van der Waals surface area contributed by atoms with Crippen LogP contribution in [-0.2, 0) is 9.53 Å². The summed E-state index contributed by atoms with van der Waals surface area (Å²) in [5, 5.41) is 8.14. The van der Waals surface area contributed by atoms with Gasteiger partial charge in [-0.15, -0.1) is 10.2 Å². The third-order valence-electron chi connectivity index (χ3n) is 4.99. The highest BCUT2D eigenvalue weighted by Gasteiger charge is 2.52. The smallest absolute Gasteiger partial charge is 0.247 e. The van der Waals surface area contributed by atoms with Crippen LogP contribution in [0.25, 0.3) is 0 Å². The standard InChI is InChI=1S/C16H23N3O3/c1-9(2)14-17-18-15(22-14)13-8-19(5-6-21-13)16(20)12-7-11(12)10-3-4-10/h9-13H,3-8H2,1-2H3/t11-,12+,13+/m1/s1. The van der Waals surface area contributed by atoms with E-state index in [4.69, 9.17) is 9.15 Å². The van der Waals surface area contributed by atoms with Crippen LogP contribution in [0.15, 0.2) is 4.42 Å². The van der Waals surface area contributed by atoms with Crippen molar-refractivity contribution < 1.29 is 13.9 Å². The van der Waals surface area contributed by atoms with E-state index >= 15 is 0 Å². The van der Waals surface area contributed by atoms with Crippen LogP contribution in [0.3, 0.4) is 0 Å². The van der Waals surface area contributed by atoms with Crippen molar-refractivity contribution in [1.82, 2.24) is 15.1 Å². The van der Waals surface area contributed by atoms with Gasteiger partial charge >= 0.3 is 0 Å². The van der Waals surface area contributed by atoms with Gasteiger partial charge in [-0.1, -0.05) is 13.8 Å². The topological polar surface area (TPSA) is 68.5 Å². The van der Waals surface area contributed by atoms with Crippen molar-refractivity contribution in [2.45, 2.75) is 45.1 Å². The van der Waals surface area contributed by atoms with Crippen LogP contribution in [0.1, 0.15) is 56.9 Å². The molecule has 1 aromatic heterocycles. The Balaban J connectivity index is 1.39. The molecule has 22 heavy (non-hydrogen) atoms. The molecule has 120 valence electrons. The minimum Gasteiger partial charge on any atom is -0.422 e. The Labute approximate surface area is 130 Å². The number of carbonyl (C=O) groups is 1. The fraction of sp³-hybridized carbons (Fsp3) is 0.812. The molecule has 6 nitrogen and oxygen atoms in total. The maximum atomic E-state index is 12.6. The zero-order chi connectivity index (χ0) is 15.3. The van der Waals surface area contributed by atoms with Crippen LogP contribution < -0.4 is 0 Å². The van der Waals surface area contributed by atoms with Gasteiger partial charge in [0, 0.05) is 18.4 Å². The minimum atomic E-state index is -0.282. The Hall–Kier alpha value is -1.43. The van der Waals surface area contributed by atoms with Crippen LogP contribution >= 0.6 is 0 Å². The summed E-state index contributed by atoms with van der Waals surface area (Å²) < 4.78 is 11.4. The van der Waals surface area contributed by atoms with E-state index in [0.29, 0.717) is 43.3 Å². The molecule has 1 amide bonds. The summed E-state index contributed by atoms with van der Waals surface area (Å²) in [6.45, 7) is 5.78. The Morgan fingerprint density at radius 3 is 2.82 bits per heavy atom. The number of carbonyl (C=O) groups excluding carboxylic acids is 1. The molecule has 3 atom stereocenters. The van der Waals surface area contributed by atoms with E-state index in [1.165, 1.54) is 12.8 Å². The second kappa shape index (κ2) is 5.33. The van der Waals surface area contributed by atoms with E-state index in [1.807, 2.05) is 18.7 Å². The van der Waals surface area contributed by atoms with E-state index in [0.717, 1.165) is 12.3 Å². The fourth-order valence-electron chi connectivity index (χ4n) is 3.39. The Morgan fingerprint density at radius 1 is 1.32 bits per heavy atom. The normalized spacial score (nSPS) is 31.6. The summed E-state index contributed by atoms with van der Waals surface area (Å²) in [7, 11) is 0. The van der Waals surface area contributed by atoms with Crippen LogP contribution in [0.4, 0.5) is 0 Å². The summed E-state index contributed by atoms with van der Waals surface area (Å²) in [6.07, 6.45) is 3.44. The maximum Gasteiger partial charge on any atom is 0.247 e. The van der Waals surface area contributed by atoms with Crippen molar-refractivity contribution in [1.29, 1.82) is 0 Å². The van der Waals surface area contributed by atoms with Crippen LogP contribution in [0, 0.1) is 17.8 Å². The fourth-order valence-corrected chi connectivity index (χ4v) is 3.39. The molecule has 1 aliphatic heterocycles. The Kier molecular flexibility index (Phi) is 3.44. The molecule has 1 aromatic rings. The molecule has 3 aliphatic rings. The predicted octanol–water partition coefficient (Wildman–Crippen LogP) is 2.14. The number of aromatic nitrogens is 2. The predicted molar refractivity (Wildman–Crippen MR) is 78.0 cm³/mol. The first-order valence-corrected chi connectivity index (χ1v) is 8.37. The number of hydrogen-bond donors (Lipinski definition) is 0. The van der Waals surface area contributed by atoms with Gasteiger partial charge in [0.2, 0.25) is 17.7 Å². The van der Waals surface area contributed by atoms with E-state index in [1.54, 1.807) is 0 Å². The number of hydrogen-bond acceptors (Lipinski definition) is 5. The summed E-state index contributed by atoms with van der Waals surface area (Å²) >= 11 is 0. The van der Waals surface area contributed by atoms with E-state index in [-0.39, 0.29) is 17.9 Å². The second-order valence-electron chi connectivity index (χ2n) is 7.12. The molecule has 4 rings (SSSR count). The van der Waals surface area contributed by atoms with E-state index in [9.17, 15) is 4.79 Å². The van der Waals surface area contributed by atoms with Gasteiger partial charge in [-0.2, -0.15) is 0 Å². The molecule has 0 bridgehead atoms. The highest BCUT2D eigenvalue weighted by Crippen LogP contribution is 2.55. The molecule has 0 radical (unpaired) electrons. The van der Waals surface area contributed by atoms with Crippen molar-refractivity contribution in [2.24, 2.45) is 17.8 Å². The molecule has 2 aliphatic carbocycles. The molecule has 0 unspecified atom stereocenters. The molecule has 3 fully saturated rings. The lowest BCUT2D eigenvalue weighted by atomic mass is 10.2. The Bertz CT molecular complexity index is 567. The van der Waals surface area contributed by atoms with Crippen molar-refractivity contribution in [3.63, 3.8) is 0 Å². The van der Waals surface area contributed by atoms with E-state index in [2.05, 4.69) is 10.2 Å². The number of nitrogens with zero attached hydrogens (tertiary/aromatic N) is 3. The van der Waals surface area contributed by atoms with Crippen molar-refractivity contribution in [3.8, 4) is 0 Å². The number of amides is 1. The molecule has 0 N–H and O–H groups in total. The zero-order valence-electron chi connectivity index (χ0n) is 13.2. The van der Waals surface area contributed by atoms with Crippen LogP contribution in [0.2, 0.25) is 0 Å². The quantitative estimate of drug-likeness (QED) is 0.852. The van der Waals surface area contributed by atoms with Gasteiger partial charge < -0.3 is 14.1 Å². The summed E-state index contributed by atoms with van der Waals surface area (Å²) in [6, 6.07) is 0. The molecule has 2 heterocycles. The van der Waals surface area contributed by atoms with Gasteiger partial charge in [-0.05, 0) is 31.1 Å². The molecule has 0 aromatic carbocycles. The van der Waals surface area contributed by atoms with Gasteiger partial charge in [0.25, 0.3) is 0 Å². The molecule has 0 spiro atoms. The first-order valence-electron chi connectivity index (χ1n) is 8.37. The summed E-state index contributed by atoms with van der Waals surface area (Å²) in [5.41, 5.74) is 0. The molecule has 2 saturated carbocycles. The van der Waals surface area contributed by atoms with Crippen molar-refractivity contribution in [2.75, 3.05) is 19.7 Å². The summed E-state index contributed by atoms with van der Waals surface area (Å²) in [4.78, 5) is 14.5. The third-order valence-corrected chi connectivity index (χ3v) is 4.99. The van der Waals surface area contributed by atoms with Crippen LogP contribution in [0.5, 0.6) is 0 Å². The summed E-state index contributed by atoms with van der Waals surface area (Å²) in [5.74, 6) is 3.37. The highest BCUT2D eigenvalue weighted by atomic mass is 16.5. The van der Waals surface area contributed by atoms with Crippen molar-refractivity contribution >= 4 is 5.91 Å². The Morgan fingerprint density at radius 2 is 2.14 bits per heavy atom. The third kappa shape index (κ3) is 2.64. The van der Waals surface area contributed by atoms with E-state index < -0.39 is 0 Å². The number of rotatable bonds is 4. The first-order chi connectivity index (χ1) is 10.6. The molecular formula is C16H23N3O3. The lowest BCUT2D eigenvalue weighted by Gasteiger charge is -2.31. The van der Waals surface area contributed by atoms with Gasteiger partial charge in [-0.25, -0.2) is 0 Å². The van der Waals surface area contributed by atoms with Gasteiger partial charge in [-0.3, -0.25) is 4.79 Å². The maximum absolute atomic E-state index is 12.6. The first kappa shape index (κ1) is 14.2. The zero-order valence-corrected chi connectivity index (χ0v) is 13.2. The lowest BCUT2D eigenvalue weighted by Crippen LogP contribution is -2.43. The molecule has 1 saturated heterocycles. The van der Waals surface area contributed by atoms with Crippen molar-refractivity contribution in [3.05, 3.63) is 11.8 Å². The monoisotopic (exact) mass is 305 g/mol. The van der Waals surface area contributed by atoms with Gasteiger partial charge in [0.05, 0.1) is 13.2 Å². The average Bonchev–Trinajstić information content (AvgIpc) is 3.42. The number of morpholine rings is 1. The SMILES string of the molecule is CC(C)c1nnc([C@@H]2CN(C(=O)[C@H]3C[C@@H]3C3CC3)CCO2)o1. The average molecular weight is 305 g/mol. The molecule has 6 heteroatoms. The molecular weight excluding hydrogens is 282 g/mol. The highest BCUT2D eigenvalue weighted by molar-refractivity contribution is 5.82. The lowest BCUT2D eigenvalue weighted by molar-refractivity contribution is -0.141. The second-order valence-corrected chi connectivity index (χ2v) is 7.12. The van der Waals surface area contributed by atoms with Crippen LogP contribution in [-0.4, -0.2) is 40.7 Å².